The third-order valence-corrected chi connectivity index (χ3v) is 21.8. The van der Waals surface area contributed by atoms with Crippen LogP contribution < -0.4 is 0 Å². The van der Waals surface area contributed by atoms with Gasteiger partial charge in [-0.15, -0.1) is 0 Å². The highest BCUT2D eigenvalue weighted by atomic mass is 31.2. The summed E-state index contributed by atoms with van der Waals surface area (Å²) in [6.45, 7) is 14.3. The minimum atomic E-state index is -4.97. The number of hydrogen-bond acceptors (Lipinski definition) is 15. The van der Waals surface area contributed by atoms with E-state index in [1.54, 1.807) is 0 Å². The van der Waals surface area contributed by atoms with E-state index < -0.39 is 97.5 Å². The Morgan fingerprint density at radius 2 is 0.466 bits per heavy atom. The van der Waals surface area contributed by atoms with Gasteiger partial charge in [0.15, 0.2) is 12.2 Å². The molecule has 6 atom stereocenters. The lowest BCUT2D eigenvalue weighted by atomic mass is 9.99. The highest BCUT2D eigenvalue weighted by Crippen LogP contribution is 2.45. The normalized spacial score (nSPS) is 14.2. The molecule has 19 heteroatoms. The summed E-state index contributed by atoms with van der Waals surface area (Å²) in [6, 6.07) is 0. The molecular weight excluding hydrogens is 1340 g/mol. The largest absolute Gasteiger partial charge is 0.472 e. The van der Waals surface area contributed by atoms with Gasteiger partial charge in [0.25, 0.3) is 0 Å². The molecule has 0 saturated carbocycles. The molecule has 0 rings (SSSR count). The molecule has 0 heterocycles. The smallest absolute Gasteiger partial charge is 0.462 e. The van der Waals surface area contributed by atoms with E-state index in [9.17, 15) is 43.2 Å². The Hall–Kier alpha value is -1.94. The lowest BCUT2D eigenvalue weighted by Crippen LogP contribution is -2.30. The molecule has 0 aromatic rings. The van der Waals surface area contributed by atoms with Crippen LogP contribution in [0.15, 0.2) is 0 Å². The van der Waals surface area contributed by atoms with Gasteiger partial charge in [-0.05, 0) is 49.4 Å². The van der Waals surface area contributed by atoms with Crippen LogP contribution in [0.4, 0.5) is 0 Å². The molecule has 0 aliphatic carbocycles. The number of phosphoric acid groups is 2. The first-order chi connectivity index (χ1) is 49.6. The molecule has 612 valence electrons. The van der Waals surface area contributed by atoms with Crippen molar-refractivity contribution in [2.75, 3.05) is 39.6 Å². The molecule has 103 heavy (non-hydrogen) atoms. The van der Waals surface area contributed by atoms with E-state index in [2.05, 4.69) is 55.4 Å². The van der Waals surface area contributed by atoms with Crippen LogP contribution in [0.1, 0.15) is 434 Å². The second kappa shape index (κ2) is 72.9. The minimum Gasteiger partial charge on any atom is -0.462 e. The number of esters is 4. The number of unbranched alkanes of at least 4 members (excludes halogenated alkanes) is 46. The van der Waals surface area contributed by atoms with Crippen molar-refractivity contribution in [1.29, 1.82) is 0 Å². The highest BCUT2D eigenvalue weighted by molar-refractivity contribution is 7.47. The number of carbonyl (C=O) groups excluding carboxylic acids is 4. The van der Waals surface area contributed by atoms with Crippen LogP contribution in [0, 0.1) is 23.7 Å². The van der Waals surface area contributed by atoms with Gasteiger partial charge in [0, 0.05) is 25.7 Å². The lowest BCUT2D eigenvalue weighted by molar-refractivity contribution is -0.161. The van der Waals surface area contributed by atoms with Gasteiger partial charge in [-0.2, -0.15) is 0 Å². The van der Waals surface area contributed by atoms with Gasteiger partial charge in [0.1, 0.15) is 19.3 Å². The molecule has 3 N–H and O–H groups in total. The van der Waals surface area contributed by atoms with Gasteiger partial charge < -0.3 is 33.8 Å². The third-order valence-electron chi connectivity index (χ3n) is 19.9. The van der Waals surface area contributed by atoms with E-state index in [1.807, 2.05) is 0 Å². The Balaban J connectivity index is 5.27. The van der Waals surface area contributed by atoms with Gasteiger partial charge in [-0.1, -0.05) is 383 Å². The standard InChI is InChI=1S/C84H164O17P2/c1-9-77(8)63-55-47-39-34-35-41-49-57-65-82(87)95-71-80(101-84(89)67-59-51-43-33-27-21-15-18-24-30-38-46-54-62-76(6)7)73-99-103(92,93)97-69-78(85)68-96-102(90,91)98-72-79(70-94-81(86)64-56-48-40-31-25-19-14-13-17-23-29-37-45-53-61-75(4)5)100-83(88)66-58-50-42-32-26-20-12-10-11-16-22-28-36-44-52-60-74(2)3/h74-80,85H,9-73H2,1-8H3,(H,90,91)(H,92,93)/t77?,78-,79-,80-/m1/s1. The van der Waals surface area contributed by atoms with Crippen molar-refractivity contribution in [3.63, 3.8) is 0 Å². The van der Waals surface area contributed by atoms with Gasteiger partial charge in [-0.3, -0.25) is 37.3 Å². The molecule has 0 fully saturated rings. The van der Waals surface area contributed by atoms with Crippen LogP contribution in [0.3, 0.4) is 0 Å². The summed E-state index contributed by atoms with van der Waals surface area (Å²) in [6.07, 6.45) is 60.9. The number of phosphoric ester groups is 2. The maximum Gasteiger partial charge on any atom is 0.472 e. The Morgan fingerprint density at radius 1 is 0.272 bits per heavy atom. The molecule has 0 aromatic heterocycles. The summed E-state index contributed by atoms with van der Waals surface area (Å²) in [7, 11) is -9.93. The monoisotopic (exact) mass is 1510 g/mol. The van der Waals surface area contributed by atoms with Crippen LogP contribution in [0.5, 0.6) is 0 Å². The van der Waals surface area contributed by atoms with E-state index in [1.165, 1.54) is 238 Å². The molecule has 0 aromatic carbocycles. The van der Waals surface area contributed by atoms with Gasteiger partial charge >= 0.3 is 39.5 Å². The maximum atomic E-state index is 13.1. The van der Waals surface area contributed by atoms with Crippen molar-refractivity contribution in [2.45, 2.75) is 453 Å². The molecule has 0 saturated heterocycles. The fourth-order valence-corrected chi connectivity index (χ4v) is 14.5. The van der Waals surface area contributed by atoms with Gasteiger partial charge in [0.2, 0.25) is 0 Å². The predicted octanol–water partition coefficient (Wildman–Crippen LogP) is 25.2. The van der Waals surface area contributed by atoms with Crippen molar-refractivity contribution < 1.29 is 80.2 Å². The van der Waals surface area contributed by atoms with Crippen LogP contribution in [-0.4, -0.2) is 96.7 Å². The van der Waals surface area contributed by atoms with Crippen LogP contribution in [0.25, 0.3) is 0 Å². The molecule has 0 amide bonds. The zero-order chi connectivity index (χ0) is 76.0. The summed E-state index contributed by atoms with van der Waals surface area (Å²) in [5.74, 6) is 1.06. The summed E-state index contributed by atoms with van der Waals surface area (Å²) >= 11 is 0. The first-order valence-corrected chi connectivity index (χ1v) is 46.2. The van der Waals surface area contributed by atoms with Crippen LogP contribution in [0.2, 0.25) is 0 Å². The Bertz CT molecular complexity index is 2010. The predicted molar refractivity (Wildman–Crippen MR) is 423 cm³/mol. The van der Waals surface area contributed by atoms with E-state index in [-0.39, 0.29) is 25.7 Å². The van der Waals surface area contributed by atoms with Crippen LogP contribution >= 0.6 is 15.6 Å². The summed E-state index contributed by atoms with van der Waals surface area (Å²) in [5.41, 5.74) is 0. The number of ether oxygens (including phenoxy) is 4. The van der Waals surface area contributed by atoms with Crippen molar-refractivity contribution in [1.82, 2.24) is 0 Å². The number of aliphatic hydroxyl groups excluding tert-OH is 1. The first-order valence-electron chi connectivity index (χ1n) is 43.2. The number of hydrogen-bond donors (Lipinski definition) is 3. The molecule has 0 spiro atoms. The summed E-state index contributed by atoms with van der Waals surface area (Å²) in [4.78, 5) is 73.2. The van der Waals surface area contributed by atoms with Crippen molar-refractivity contribution >= 4 is 39.5 Å². The molecule has 0 aliphatic heterocycles. The van der Waals surface area contributed by atoms with Crippen molar-refractivity contribution in [3.05, 3.63) is 0 Å². The summed E-state index contributed by atoms with van der Waals surface area (Å²) in [5, 5.41) is 10.7. The first kappa shape index (κ1) is 101. The van der Waals surface area contributed by atoms with Crippen molar-refractivity contribution in [2.24, 2.45) is 23.7 Å². The fourth-order valence-electron chi connectivity index (χ4n) is 12.9. The highest BCUT2D eigenvalue weighted by Gasteiger charge is 2.30. The molecule has 0 aliphatic rings. The quantitative estimate of drug-likeness (QED) is 0.0222. The summed E-state index contributed by atoms with van der Waals surface area (Å²) < 4.78 is 68.9. The van der Waals surface area contributed by atoms with E-state index in [4.69, 9.17) is 37.0 Å². The maximum absolute atomic E-state index is 13.1. The molecule has 0 bridgehead atoms. The van der Waals surface area contributed by atoms with E-state index >= 15 is 0 Å². The lowest BCUT2D eigenvalue weighted by Gasteiger charge is -2.21. The zero-order valence-electron chi connectivity index (χ0n) is 68.0. The van der Waals surface area contributed by atoms with E-state index in [0.717, 1.165) is 114 Å². The van der Waals surface area contributed by atoms with Gasteiger partial charge in [-0.25, -0.2) is 9.13 Å². The Morgan fingerprint density at radius 3 is 0.689 bits per heavy atom. The SMILES string of the molecule is CCC(C)CCCCCCCCCCC(=O)OC[C@H](COP(=O)(O)OC[C@H](O)COP(=O)(O)OC[C@@H](COC(=O)CCCCCCCCCCCCCCCCC(C)C)OC(=O)CCCCCCCCCCCCCCCCCC(C)C)OC(=O)CCCCCCCCCCCCCCCC(C)C. The van der Waals surface area contributed by atoms with Crippen molar-refractivity contribution in [3.8, 4) is 0 Å². The van der Waals surface area contributed by atoms with Crippen LogP contribution in [-0.2, 0) is 65.4 Å². The Labute approximate surface area is 632 Å². The Kier molecular flexibility index (Phi) is 71.5. The molecule has 17 nitrogen and oxygen atoms in total. The number of rotatable bonds is 81. The number of aliphatic hydroxyl groups is 1. The second-order valence-corrected chi connectivity index (χ2v) is 34.8. The average molecular weight is 1510 g/mol. The van der Waals surface area contributed by atoms with E-state index in [0.29, 0.717) is 25.7 Å². The topological polar surface area (TPSA) is 237 Å². The molecule has 3 unspecified atom stereocenters. The number of carbonyl (C=O) groups is 4. The zero-order valence-corrected chi connectivity index (χ0v) is 69.7. The second-order valence-electron chi connectivity index (χ2n) is 31.9. The fraction of sp³-hybridized carbons (Fsp3) is 0.952. The third kappa shape index (κ3) is 76.6. The molecular formula is C84H164O17P2. The average Bonchev–Trinajstić information content (AvgIpc) is 0.919. The van der Waals surface area contributed by atoms with Gasteiger partial charge in [0.05, 0.1) is 26.4 Å². The molecule has 0 radical (unpaired) electrons. The minimum absolute atomic E-state index is 0.107.